The largest absolute Gasteiger partial charge is 0.369 e. The molecule has 0 aliphatic carbocycles. The van der Waals surface area contributed by atoms with Gasteiger partial charge in [0.1, 0.15) is 0 Å². The number of hydrogen-bond donors (Lipinski definition) is 1. The van der Waals surface area contributed by atoms with Crippen molar-refractivity contribution in [3.63, 3.8) is 0 Å². The third-order valence-corrected chi connectivity index (χ3v) is 5.73. The first kappa shape index (κ1) is 18.9. The van der Waals surface area contributed by atoms with E-state index in [1.165, 1.54) is 11.3 Å². The Bertz CT molecular complexity index is 938. The van der Waals surface area contributed by atoms with Crippen molar-refractivity contribution in [3.8, 4) is 11.3 Å². The van der Waals surface area contributed by atoms with Crippen LogP contribution in [0.4, 0.5) is 10.8 Å². The monoisotopic (exact) mass is 412 g/mol. The minimum atomic E-state index is -0.0230. The maximum atomic E-state index is 12.4. The number of carbonyl (C=O) groups is 1. The van der Waals surface area contributed by atoms with Gasteiger partial charge in [-0.05, 0) is 18.2 Å². The first-order valence-corrected chi connectivity index (χ1v) is 10.5. The first-order valence-electron chi connectivity index (χ1n) is 9.21. The Morgan fingerprint density at radius 1 is 1.07 bits per heavy atom. The number of rotatable bonds is 5. The molecule has 0 radical (unpaired) electrons. The quantitative estimate of drug-likeness (QED) is 0.681. The number of halogens is 1. The van der Waals surface area contributed by atoms with E-state index >= 15 is 0 Å². The molecule has 0 spiro atoms. The average molecular weight is 413 g/mol. The van der Waals surface area contributed by atoms with Gasteiger partial charge in [0.15, 0.2) is 5.13 Å². The number of benzene rings is 2. The summed E-state index contributed by atoms with van der Waals surface area (Å²) in [7, 11) is 0. The molecule has 1 aliphatic heterocycles. The van der Waals surface area contributed by atoms with Crippen molar-refractivity contribution in [2.75, 3.05) is 42.9 Å². The highest BCUT2D eigenvalue weighted by Gasteiger charge is 2.20. The Hall–Kier alpha value is -2.41. The van der Waals surface area contributed by atoms with E-state index in [1.54, 1.807) is 0 Å². The van der Waals surface area contributed by atoms with E-state index in [-0.39, 0.29) is 5.91 Å². The molecule has 0 bridgehead atoms. The van der Waals surface area contributed by atoms with Crippen LogP contribution in [0.2, 0.25) is 5.02 Å². The molecule has 0 atom stereocenters. The molecule has 28 heavy (non-hydrogen) atoms. The Balaban J connectivity index is 1.28. The fourth-order valence-electron chi connectivity index (χ4n) is 3.27. The second-order valence-electron chi connectivity index (χ2n) is 6.70. The van der Waals surface area contributed by atoms with Crippen LogP contribution in [0.25, 0.3) is 11.3 Å². The molecular formula is C21H21ClN4OS. The fourth-order valence-corrected chi connectivity index (χ4v) is 4.19. The third kappa shape index (κ3) is 4.70. The SMILES string of the molecule is O=C(CN1CCN(c2cccc(Cl)c2)CC1)Nc1nc(-c2ccccc2)cs1. The van der Waals surface area contributed by atoms with E-state index in [1.807, 2.05) is 53.9 Å². The van der Waals surface area contributed by atoms with Crippen LogP contribution in [0, 0.1) is 0 Å². The van der Waals surface area contributed by atoms with E-state index in [2.05, 4.69) is 26.2 Å². The van der Waals surface area contributed by atoms with Gasteiger partial charge in [-0.1, -0.05) is 48.0 Å². The Kier molecular flexibility index (Phi) is 5.90. The van der Waals surface area contributed by atoms with Crippen LogP contribution in [-0.2, 0) is 4.79 Å². The summed E-state index contributed by atoms with van der Waals surface area (Å²) >= 11 is 7.54. The van der Waals surface area contributed by atoms with E-state index in [9.17, 15) is 4.79 Å². The molecule has 0 saturated carbocycles. The van der Waals surface area contributed by atoms with Crippen LogP contribution in [-0.4, -0.2) is 48.5 Å². The molecule has 2 heterocycles. The highest BCUT2D eigenvalue weighted by atomic mass is 35.5. The lowest BCUT2D eigenvalue weighted by molar-refractivity contribution is -0.117. The summed E-state index contributed by atoms with van der Waals surface area (Å²) in [6.07, 6.45) is 0. The van der Waals surface area contributed by atoms with Gasteiger partial charge in [-0.15, -0.1) is 11.3 Å². The standard InChI is InChI=1S/C21H21ClN4OS/c22-17-7-4-8-18(13-17)26-11-9-25(10-12-26)14-20(27)24-21-23-19(15-28-21)16-5-2-1-3-6-16/h1-8,13,15H,9-12,14H2,(H,23,24,27). The van der Waals surface area contributed by atoms with Gasteiger partial charge in [0.2, 0.25) is 5.91 Å². The zero-order chi connectivity index (χ0) is 19.3. The minimum absolute atomic E-state index is 0.0230. The van der Waals surface area contributed by atoms with Gasteiger partial charge in [-0.3, -0.25) is 9.69 Å². The van der Waals surface area contributed by atoms with Gasteiger partial charge >= 0.3 is 0 Å². The highest BCUT2D eigenvalue weighted by Crippen LogP contribution is 2.25. The number of anilines is 2. The van der Waals surface area contributed by atoms with Gasteiger partial charge in [0.05, 0.1) is 12.2 Å². The Morgan fingerprint density at radius 3 is 2.61 bits per heavy atom. The number of nitrogens with zero attached hydrogens (tertiary/aromatic N) is 3. The molecule has 3 aromatic rings. The lowest BCUT2D eigenvalue weighted by Crippen LogP contribution is -2.48. The number of aromatic nitrogens is 1. The summed E-state index contributed by atoms with van der Waals surface area (Å²) in [5.74, 6) is -0.0230. The van der Waals surface area contributed by atoms with Crippen LogP contribution in [0.15, 0.2) is 60.0 Å². The fraction of sp³-hybridized carbons (Fsp3) is 0.238. The number of amides is 1. The van der Waals surface area contributed by atoms with Crippen LogP contribution >= 0.6 is 22.9 Å². The molecule has 7 heteroatoms. The summed E-state index contributed by atoms with van der Waals surface area (Å²) in [5, 5.41) is 6.28. The van der Waals surface area contributed by atoms with Crippen molar-refractivity contribution < 1.29 is 4.79 Å². The van der Waals surface area contributed by atoms with Gasteiger partial charge in [-0.25, -0.2) is 4.98 Å². The molecule has 5 nitrogen and oxygen atoms in total. The zero-order valence-electron chi connectivity index (χ0n) is 15.3. The molecule has 1 saturated heterocycles. The topological polar surface area (TPSA) is 48.5 Å². The third-order valence-electron chi connectivity index (χ3n) is 4.73. The molecule has 0 unspecified atom stereocenters. The predicted molar refractivity (Wildman–Crippen MR) is 116 cm³/mol. The Morgan fingerprint density at radius 2 is 1.86 bits per heavy atom. The summed E-state index contributed by atoms with van der Waals surface area (Å²) in [5.41, 5.74) is 3.07. The van der Waals surface area contributed by atoms with Crippen molar-refractivity contribution in [1.82, 2.24) is 9.88 Å². The van der Waals surface area contributed by atoms with Crippen LogP contribution in [0.1, 0.15) is 0 Å². The minimum Gasteiger partial charge on any atom is -0.369 e. The van der Waals surface area contributed by atoms with Crippen LogP contribution in [0.3, 0.4) is 0 Å². The Labute approximate surface area is 173 Å². The van der Waals surface area contributed by atoms with E-state index in [4.69, 9.17) is 11.6 Å². The van der Waals surface area contributed by atoms with Gasteiger partial charge < -0.3 is 10.2 Å². The van der Waals surface area contributed by atoms with Crippen LogP contribution < -0.4 is 10.2 Å². The van der Waals surface area contributed by atoms with E-state index in [0.717, 1.165) is 48.1 Å². The summed E-state index contributed by atoms with van der Waals surface area (Å²) in [6.45, 7) is 3.82. The molecule has 1 amide bonds. The van der Waals surface area contributed by atoms with Crippen molar-refractivity contribution in [2.24, 2.45) is 0 Å². The average Bonchev–Trinajstić information content (AvgIpc) is 3.17. The molecular weight excluding hydrogens is 392 g/mol. The maximum Gasteiger partial charge on any atom is 0.240 e. The highest BCUT2D eigenvalue weighted by molar-refractivity contribution is 7.14. The number of thiazole rings is 1. The molecule has 4 rings (SSSR count). The van der Waals surface area contributed by atoms with Crippen molar-refractivity contribution >= 4 is 39.7 Å². The van der Waals surface area contributed by atoms with Crippen molar-refractivity contribution in [2.45, 2.75) is 0 Å². The molecule has 1 aliphatic rings. The number of carbonyl (C=O) groups excluding carboxylic acids is 1. The molecule has 1 aromatic heterocycles. The predicted octanol–water partition coefficient (Wildman–Crippen LogP) is 4.22. The van der Waals surface area contributed by atoms with Crippen molar-refractivity contribution in [3.05, 3.63) is 65.0 Å². The smallest absolute Gasteiger partial charge is 0.240 e. The molecule has 1 fully saturated rings. The lowest BCUT2D eigenvalue weighted by atomic mass is 10.2. The number of piperazine rings is 1. The van der Waals surface area contributed by atoms with E-state index in [0.29, 0.717) is 11.7 Å². The lowest BCUT2D eigenvalue weighted by Gasteiger charge is -2.35. The molecule has 144 valence electrons. The normalized spacial score (nSPS) is 14.8. The number of hydrogen-bond acceptors (Lipinski definition) is 5. The first-order chi connectivity index (χ1) is 13.7. The second-order valence-corrected chi connectivity index (χ2v) is 7.99. The molecule has 1 N–H and O–H groups in total. The van der Waals surface area contributed by atoms with Gasteiger partial charge in [0.25, 0.3) is 0 Å². The van der Waals surface area contributed by atoms with Crippen LogP contribution in [0.5, 0.6) is 0 Å². The zero-order valence-corrected chi connectivity index (χ0v) is 16.9. The van der Waals surface area contributed by atoms with E-state index < -0.39 is 0 Å². The van der Waals surface area contributed by atoms with Gasteiger partial charge in [0, 0.05) is 47.8 Å². The maximum absolute atomic E-state index is 12.4. The number of nitrogens with one attached hydrogen (secondary N) is 1. The van der Waals surface area contributed by atoms with Crippen molar-refractivity contribution in [1.29, 1.82) is 0 Å². The summed E-state index contributed by atoms with van der Waals surface area (Å²) in [4.78, 5) is 21.4. The summed E-state index contributed by atoms with van der Waals surface area (Å²) in [6, 6.07) is 17.9. The summed E-state index contributed by atoms with van der Waals surface area (Å²) < 4.78 is 0. The second kappa shape index (κ2) is 8.73. The van der Waals surface area contributed by atoms with Gasteiger partial charge in [-0.2, -0.15) is 0 Å². The molecule has 2 aromatic carbocycles.